The first-order valence-electron chi connectivity index (χ1n) is 13.2. The van der Waals surface area contributed by atoms with E-state index in [0.29, 0.717) is 17.7 Å². The van der Waals surface area contributed by atoms with E-state index >= 15 is 0 Å². The molecule has 0 saturated carbocycles. The number of carbonyl (C=O) groups excluding carboxylic acids is 5. The molecule has 0 unspecified atom stereocenters. The molecule has 2 aliphatic heterocycles. The van der Waals surface area contributed by atoms with Gasteiger partial charge in [-0.25, -0.2) is 0 Å². The summed E-state index contributed by atoms with van der Waals surface area (Å²) in [5.41, 5.74) is 0.363. The lowest BCUT2D eigenvalue weighted by Gasteiger charge is -2.30. The van der Waals surface area contributed by atoms with Crippen molar-refractivity contribution in [2.75, 3.05) is 81.6 Å². The minimum absolute atomic E-state index is 0.0554. The molecule has 13 heteroatoms. The number of nitrogens with one attached hydrogen (secondary N) is 2. The zero-order valence-electron chi connectivity index (χ0n) is 24.2. The predicted octanol–water partition coefficient (Wildman–Crippen LogP) is -1.70. The molecular formula is C27H41N7O6. The standard InChI is InChI=1S/C27H41N7O6/c1-30(2)14-23(35)28-19-11-20-17-40-21-9-7-8-18(10-21)26(38)32(5)13-22(29-24(36)15-31(3)4)27(39)33(6)16-25(37)34(20)12-19/h7-10,19-20,22H,11-17H2,1-6H3,(H,28,35)(H,29,36)/t19-,20+,22+/m1/s1. The van der Waals surface area contributed by atoms with Crippen molar-refractivity contribution in [2.45, 2.75) is 24.5 Å². The van der Waals surface area contributed by atoms with Crippen molar-refractivity contribution in [1.82, 2.24) is 35.1 Å². The van der Waals surface area contributed by atoms with Gasteiger partial charge in [-0.15, -0.1) is 0 Å². The summed E-state index contributed by atoms with van der Waals surface area (Å²) in [7, 11) is 10.1. The molecule has 3 rings (SSSR count). The van der Waals surface area contributed by atoms with Crippen molar-refractivity contribution < 1.29 is 28.7 Å². The maximum absolute atomic E-state index is 13.5. The summed E-state index contributed by atoms with van der Waals surface area (Å²) in [6.07, 6.45) is 0.479. The maximum Gasteiger partial charge on any atom is 0.253 e. The van der Waals surface area contributed by atoms with Crippen molar-refractivity contribution in [2.24, 2.45) is 0 Å². The van der Waals surface area contributed by atoms with Crippen molar-refractivity contribution in [3.05, 3.63) is 29.8 Å². The van der Waals surface area contributed by atoms with Crippen LogP contribution < -0.4 is 15.4 Å². The predicted molar refractivity (Wildman–Crippen MR) is 148 cm³/mol. The number of amides is 5. The molecule has 2 N–H and O–H groups in total. The Hall–Kier alpha value is -3.71. The van der Waals surface area contributed by atoms with Crippen molar-refractivity contribution in [1.29, 1.82) is 0 Å². The van der Waals surface area contributed by atoms with Crippen LogP contribution in [-0.2, 0) is 19.2 Å². The lowest BCUT2D eigenvalue weighted by atomic mass is 10.1. The number of fused-ring (bicyclic) bond motifs is 3. The molecule has 0 aliphatic carbocycles. The van der Waals surface area contributed by atoms with Crippen LogP contribution in [0, 0.1) is 0 Å². The fraction of sp³-hybridized carbons (Fsp3) is 0.593. The summed E-state index contributed by atoms with van der Waals surface area (Å²) >= 11 is 0. The van der Waals surface area contributed by atoms with Crippen LogP contribution in [0.5, 0.6) is 5.75 Å². The van der Waals surface area contributed by atoms with E-state index in [2.05, 4.69) is 10.6 Å². The Morgan fingerprint density at radius 1 is 0.950 bits per heavy atom. The Morgan fingerprint density at radius 2 is 1.60 bits per heavy atom. The number of hydrogen-bond acceptors (Lipinski definition) is 8. The van der Waals surface area contributed by atoms with Crippen LogP contribution in [0.4, 0.5) is 0 Å². The second-order valence-corrected chi connectivity index (χ2v) is 11.0. The molecule has 1 aromatic carbocycles. The Bertz CT molecular complexity index is 1110. The van der Waals surface area contributed by atoms with E-state index in [1.807, 2.05) is 0 Å². The van der Waals surface area contributed by atoms with Gasteiger partial charge in [0.1, 0.15) is 18.4 Å². The number of ether oxygens (including phenoxy) is 1. The van der Waals surface area contributed by atoms with Gasteiger partial charge in [-0.1, -0.05) is 6.07 Å². The average Bonchev–Trinajstić information content (AvgIpc) is 3.27. The Balaban J connectivity index is 1.89. The van der Waals surface area contributed by atoms with E-state index in [0.717, 1.165) is 0 Å². The van der Waals surface area contributed by atoms with Gasteiger partial charge in [0.25, 0.3) is 5.91 Å². The van der Waals surface area contributed by atoms with Gasteiger partial charge in [0.05, 0.1) is 25.7 Å². The smallest absolute Gasteiger partial charge is 0.253 e. The SMILES string of the molecule is CN(C)CC(=O)N[C@@H]1C[C@H]2COc3cccc(c3)C(=O)N(C)C[C@H](NC(=O)CN(C)C)C(=O)N(C)CC(=O)N2C1. The van der Waals surface area contributed by atoms with E-state index in [9.17, 15) is 24.0 Å². The van der Waals surface area contributed by atoms with E-state index in [1.54, 1.807) is 74.2 Å². The van der Waals surface area contributed by atoms with Crippen LogP contribution >= 0.6 is 0 Å². The summed E-state index contributed by atoms with van der Waals surface area (Å²) in [6.45, 7) is 0.378. The topological polar surface area (TPSA) is 135 Å². The number of likely N-dealkylation sites (N-methyl/N-ethyl adjacent to an activating group) is 4. The van der Waals surface area contributed by atoms with Gasteiger partial charge in [0.15, 0.2) is 0 Å². The molecule has 5 amide bonds. The molecule has 2 aliphatic rings. The fourth-order valence-electron chi connectivity index (χ4n) is 4.88. The zero-order chi connectivity index (χ0) is 29.6. The molecule has 0 aromatic heterocycles. The third-order valence-electron chi connectivity index (χ3n) is 6.73. The first-order chi connectivity index (χ1) is 18.8. The quantitative estimate of drug-likeness (QED) is 0.422. The summed E-state index contributed by atoms with van der Waals surface area (Å²) in [6, 6.07) is 5.01. The first-order valence-corrected chi connectivity index (χ1v) is 13.2. The third-order valence-corrected chi connectivity index (χ3v) is 6.73. The van der Waals surface area contributed by atoms with Crippen LogP contribution in [0.2, 0.25) is 0 Å². The number of benzene rings is 1. The van der Waals surface area contributed by atoms with E-state index < -0.39 is 11.9 Å². The Labute approximate surface area is 235 Å². The van der Waals surface area contributed by atoms with E-state index in [4.69, 9.17) is 4.74 Å². The molecule has 0 radical (unpaired) electrons. The highest BCUT2D eigenvalue weighted by molar-refractivity contribution is 5.96. The molecule has 1 aromatic rings. The lowest BCUT2D eigenvalue weighted by Crippen LogP contribution is -2.56. The van der Waals surface area contributed by atoms with Crippen LogP contribution in [0.15, 0.2) is 24.3 Å². The van der Waals surface area contributed by atoms with Gasteiger partial charge in [0, 0.05) is 38.8 Å². The number of rotatable bonds is 6. The van der Waals surface area contributed by atoms with Crippen LogP contribution in [0.1, 0.15) is 16.8 Å². The second-order valence-electron chi connectivity index (χ2n) is 11.0. The summed E-state index contributed by atoms with van der Waals surface area (Å²) in [5.74, 6) is -1.21. The highest BCUT2D eigenvalue weighted by Gasteiger charge is 2.38. The van der Waals surface area contributed by atoms with Gasteiger partial charge in [-0.3, -0.25) is 24.0 Å². The second kappa shape index (κ2) is 13.6. The van der Waals surface area contributed by atoms with Crippen molar-refractivity contribution >= 4 is 29.5 Å². The molecule has 220 valence electrons. The molecule has 13 nitrogen and oxygen atoms in total. The van der Waals surface area contributed by atoms with Crippen molar-refractivity contribution in [3.63, 3.8) is 0 Å². The number of nitrogens with zero attached hydrogens (tertiary/aromatic N) is 5. The first kappa shape index (κ1) is 30.8. The van der Waals surface area contributed by atoms with E-state index in [1.165, 1.54) is 16.8 Å². The van der Waals surface area contributed by atoms with Gasteiger partial charge < -0.3 is 39.9 Å². The van der Waals surface area contributed by atoms with Gasteiger partial charge in [-0.2, -0.15) is 0 Å². The lowest BCUT2D eigenvalue weighted by molar-refractivity contribution is -0.142. The summed E-state index contributed by atoms with van der Waals surface area (Å²) in [5, 5.41) is 5.70. The van der Waals surface area contributed by atoms with Crippen molar-refractivity contribution in [3.8, 4) is 5.75 Å². The average molecular weight is 560 g/mol. The largest absolute Gasteiger partial charge is 0.491 e. The van der Waals surface area contributed by atoms with Crippen LogP contribution in [-0.4, -0.2) is 154 Å². The number of hydrogen-bond donors (Lipinski definition) is 2. The fourth-order valence-corrected chi connectivity index (χ4v) is 4.88. The summed E-state index contributed by atoms with van der Waals surface area (Å²) in [4.78, 5) is 72.8. The molecule has 2 bridgehead atoms. The van der Waals surface area contributed by atoms with Gasteiger partial charge in [0.2, 0.25) is 23.6 Å². The highest BCUT2D eigenvalue weighted by atomic mass is 16.5. The Kier molecular flexibility index (Phi) is 10.5. The molecule has 1 saturated heterocycles. The minimum atomic E-state index is -1.06. The molecule has 3 atom stereocenters. The third kappa shape index (κ3) is 8.39. The molecule has 1 fully saturated rings. The minimum Gasteiger partial charge on any atom is -0.491 e. The molecular weight excluding hydrogens is 518 g/mol. The molecule has 40 heavy (non-hydrogen) atoms. The van der Waals surface area contributed by atoms with Crippen LogP contribution in [0.3, 0.4) is 0 Å². The van der Waals surface area contributed by atoms with Crippen LogP contribution in [0.25, 0.3) is 0 Å². The molecule has 0 spiro atoms. The van der Waals surface area contributed by atoms with Gasteiger partial charge in [-0.05, 0) is 52.8 Å². The van der Waals surface area contributed by atoms with Gasteiger partial charge >= 0.3 is 0 Å². The monoisotopic (exact) mass is 559 g/mol. The van der Waals surface area contributed by atoms with E-state index in [-0.39, 0.29) is 75.0 Å². The maximum atomic E-state index is 13.5. The highest BCUT2D eigenvalue weighted by Crippen LogP contribution is 2.22. The Morgan fingerprint density at radius 3 is 2.25 bits per heavy atom. The number of carbonyl (C=O) groups is 5. The zero-order valence-corrected chi connectivity index (χ0v) is 24.2. The summed E-state index contributed by atoms with van der Waals surface area (Å²) < 4.78 is 6.02. The molecule has 2 heterocycles. The normalized spacial score (nSPS) is 22.6.